The minimum absolute atomic E-state index is 0.643. The van der Waals surface area contributed by atoms with E-state index in [0.717, 1.165) is 82.8 Å². The monoisotopic (exact) mass is 1220 g/mol. The Balaban J connectivity index is 0.000000141. The molecular weight excluding hydrogens is 1170 g/mol. The molecule has 19 aromatic rings. The molecule has 0 unspecified atom stereocenters. The van der Waals surface area contributed by atoms with Crippen molar-refractivity contribution in [2.75, 3.05) is 0 Å². The van der Waals surface area contributed by atoms with E-state index in [9.17, 15) is 0 Å². The Bertz CT molecular complexity index is 6010. The van der Waals surface area contributed by atoms with Crippen molar-refractivity contribution in [3.8, 4) is 90.8 Å². The molecule has 4 aromatic heterocycles. The van der Waals surface area contributed by atoms with Crippen LogP contribution in [0.2, 0.25) is 0 Å². The fraction of sp³-hybridized carbons (Fsp3) is 0. The van der Waals surface area contributed by atoms with Crippen molar-refractivity contribution in [3.63, 3.8) is 0 Å². The maximum atomic E-state index is 5.08. The summed E-state index contributed by atoms with van der Waals surface area (Å²) in [6.07, 6.45) is 0. The van der Waals surface area contributed by atoms with E-state index < -0.39 is 0 Å². The number of hydrogen-bond donors (Lipinski definition) is 0. The van der Waals surface area contributed by atoms with E-state index in [2.05, 4.69) is 319 Å². The van der Waals surface area contributed by atoms with Crippen LogP contribution in [0, 0.1) is 0 Å². The van der Waals surface area contributed by atoms with Crippen molar-refractivity contribution >= 4 is 86.7 Å². The highest BCUT2D eigenvalue weighted by atomic mass is 15.0. The van der Waals surface area contributed by atoms with Crippen LogP contribution in [-0.4, -0.2) is 39.0 Å². The lowest BCUT2D eigenvalue weighted by molar-refractivity contribution is 1.07. The van der Waals surface area contributed by atoms with Gasteiger partial charge in [-0.15, -0.1) is 0 Å². The Kier molecular flexibility index (Phi) is 13.7. The number of aromatic nitrogens is 8. The Morgan fingerprint density at radius 3 is 0.885 bits per heavy atom. The Morgan fingerprint density at radius 2 is 0.458 bits per heavy atom. The normalized spacial score (nSPS) is 11.5. The molecule has 8 nitrogen and oxygen atoms in total. The number of benzene rings is 15. The van der Waals surface area contributed by atoms with Crippen LogP contribution in [0.1, 0.15) is 0 Å². The first-order chi connectivity index (χ1) is 47.5. The lowest BCUT2D eigenvalue weighted by Crippen LogP contribution is -2.00. The van der Waals surface area contributed by atoms with Gasteiger partial charge in [0.2, 0.25) is 0 Å². The van der Waals surface area contributed by atoms with E-state index in [-0.39, 0.29) is 0 Å². The summed E-state index contributed by atoms with van der Waals surface area (Å²) in [7, 11) is 0. The van der Waals surface area contributed by atoms with Gasteiger partial charge in [-0.3, -0.25) is 0 Å². The first-order valence-electron chi connectivity index (χ1n) is 32.3. The molecule has 448 valence electrons. The van der Waals surface area contributed by atoms with E-state index in [1.165, 1.54) is 59.8 Å². The van der Waals surface area contributed by atoms with Crippen molar-refractivity contribution in [2.24, 2.45) is 0 Å². The van der Waals surface area contributed by atoms with Crippen LogP contribution in [0.25, 0.3) is 178 Å². The van der Waals surface area contributed by atoms with Gasteiger partial charge in [0.05, 0.1) is 27.8 Å². The van der Waals surface area contributed by atoms with Crippen LogP contribution in [-0.2, 0) is 0 Å². The molecule has 96 heavy (non-hydrogen) atoms. The topological polar surface area (TPSA) is 87.2 Å². The third-order valence-electron chi connectivity index (χ3n) is 18.4. The Morgan fingerprint density at radius 1 is 0.167 bits per heavy atom. The van der Waals surface area contributed by atoms with E-state index in [1.807, 2.05) is 30.3 Å². The van der Waals surface area contributed by atoms with E-state index >= 15 is 0 Å². The SMILES string of the molecule is c1ccc(-c2nc(-c3ccc4ccccc4c3)nc(-c3ccc4cccc(-n5c6ccccc6c6ccccc65)c4c3)n2)cc1.c1ccc2cc(-c3nc(-c4ccc(-c5ccc(-n6c7ccccc7c7ccccc76)cc5)cc4)nc(-c4ccc5ccccc5c4)n3)ccc2c1. The van der Waals surface area contributed by atoms with Gasteiger partial charge in [0.25, 0.3) is 0 Å². The summed E-state index contributed by atoms with van der Waals surface area (Å²) in [6.45, 7) is 0. The first-order valence-corrected chi connectivity index (χ1v) is 32.3. The molecule has 0 saturated carbocycles. The van der Waals surface area contributed by atoms with Gasteiger partial charge >= 0.3 is 0 Å². The molecule has 0 aliphatic heterocycles. The number of para-hydroxylation sites is 4. The molecule has 4 heterocycles. The molecular formula is C88H56N8. The second-order valence-electron chi connectivity index (χ2n) is 24.2. The van der Waals surface area contributed by atoms with E-state index in [1.54, 1.807) is 0 Å². The Hall–Kier alpha value is -13.0. The number of nitrogens with zero attached hydrogens (tertiary/aromatic N) is 8. The smallest absolute Gasteiger partial charge is 0.164 e. The fourth-order valence-electron chi connectivity index (χ4n) is 13.7. The van der Waals surface area contributed by atoms with Crippen LogP contribution in [0.5, 0.6) is 0 Å². The second kappa shape index (κ2) is 23.6. The summed E-state index contributed by atoms with van der Waals surface area (Å²) in [5, 5.41) is 14.3. The summed E-state index contributed by atoms with van der Waals surface area (Å²) < 4.78 is 4.72. The predicted molar refractivity (Wildman–Crippen MR) is 396 cm³/mol. The highest BCUT2D eigenvalue weighted by molar-refractivity contribution is 6.11. The van der Waals surface area contributed by atoms with Crippen molar-refractivity contribution in [2.45, 2.75) is 0 Å². The highest BCUT2D eigenvalue weighted by Gasteiger charge is 2.19. The average Bonchev–Trinajstić information content (AvgIpc) is 1.56. The van der Waals surface area contributed by atoms with E-state index in [4.69, 9.17) is 29.9 Å². The molecule has 8 heteroatoms. The van der Waals surface area contributed by atoms with Gasteiger partial charge < -0.3 is 9.13 Å². The largest absolute Gasteiger partial charge is 0.309 e. The minimum Gasteiger partial charge on any atom is -0.309 e. The molecule has 0 saturated heterocycles. The van der Waals surface area contributed by atoms with Crippen molar-refractivity contribution in [1.29, 1.82) is 0 Å². The lowest BCUT2D eigenvalue weighted by atomic mass is 10.0. The van der Waals surface area contributed by atoms with Crippen molar-refractivity contribution in [1.82, 2.24) is 39.0 Å². The van der Waals surface area contributed by atoms with Crippen molar-refractivity contribution in [3.05, 3.63) is 340 Å². The molecule has 0 radical (unpaired) electrons. The van der Waals surface area contributed by atoms with Crippen LogP contribution >= 0.6 is 0 Å². The van der Waals surface area contributed by atoms with Gasteiger partial charge in [-0.05, 0) is 116 Å². The van der Waals surface area contributed by atoms with Crippen LogP contribution in [0.4, 0.5) is 0 Å². The van der Waals surface area contributed by atoms with Gasteiger partial charge in [0.15, 0.2) is 34.9 Å². The minimum atomic E-state index is 0.643. The maximum absolute atomic E-state index is 5.08. The second-order valence-corrected chi connectivity index (χ2v) is 24.2. The highest BCUT2D eigenvalue weighted by Crippen LogP contribution is 2.39. The van der Waals surface area contributed by atoms with Gasteiger partial charge in [-0.1, -0.05) is 273 Å². The average molecular weight is 1230 g/mol. The molecule has 0 fully saturated rings. The summed E-state index contributed by atoms with van der Waals surface area (Å²) in [5.74, 6) is 3.90. The van der Waals surface area contributed by atoms with Crippen LogP contribution in [0.15, 0.2) is 340 Å². The third-order valence-corrected chi connectivity index (χ3v) is 18.4. The first kappa shape index (κ1) is 55.8. The lowest BCUT2D eigenvalue weighted by Gasteiger charge is -2.13. The maximum Gasteiger partial charge on any atom is 0.164 e. The van der Waals surface area contributed by atoms with Gasteiger partial charge in [0, 0.05) is 66.0 Å². The zero-order valence-corrected chi connectivity index (χ0v) is 51.9. The number of rotatable bonds is 9. The van der Waals surface area contributed by atoms with E-state index in [0.29, 0.717) is 34.9 Å². The molecule has 0 aliphatic carbocycles. The molecule has 0 atom stereocenters. The Labute approximate surface area is 553 Å². The summed E-state index contributed by atoms with van der Waals surface area (Å²) in [4.78, 5) is 30.2. The third kappa shape index (κ3) is 10.1. The molecule has 0 bridgehead atoms. The van der Waals surface area contributed by atoms with Gasteiger partial charge in [-0.2, -0.15) is 0 Å². The zero-order chi connectivity index (χ0) is 63.5. The molecule has 15 aromatic carbocycles. The van der Waals surface area contributed by atoms with Crippen molar-refractivity contribution < 1.29 is 0 Å². The van der Waals surface area contributed by atoms with Gasteiger partial charge in [-0.25, -0.2) is 29.9 Å². The standard InChI is InChI=1S/C47H30N4.C41H26N4/c1-3-11-36-29-38(23-19-31(36)9-1)46-48-45(49-47(50-46)39-24-20-32-10-2-4-12-37(32)30-39)35-21-17-33(18-22-35)34-25-27-40(28-26-34)51-43-15-7-5-13-41(43)42-14-6-8-16-44(42)51;1-2-12-29(13-3-1)39-42-40(31-23-21-27-11-4-5-14-30(27)25-31)44-41(43-39)32-24-22-28-15-10-20-38(35(28)26-32)45-36-18-8-6-16-33(36)34-17-7-9-19-37(34)45/h1-30H;1-26H. The van der Waals surface area contributed by atoms with Gasteiger partial charge in [0.1, 0.15) is 0 Å². The molecule has 0 spiro atoms. The molecule has 0 N–H and O–H groups in total. The van der Waals surface area contributed by atoms with Crippen LogP contribution < -0.4 is 0 Å². The van der Waals surface area contributed by atoms with Crippen LogP contribution in [0.3, 0.4) is 0 Å². The number of fused-ring (bicyclic) bond motifs is 10. The quantitative estimate of drug-likeness (QED) is 0.143. The fourth-order valence-corrected chi connectivity index (χ4v) is 13.7. The summed E-state index contributed by atoms with van der Waals surface area (Å²) in [6, 6.07) is 119. The predicted octanol–water partition coefficient (Wildman–Crippen LogP) is 22.2. The summed E-state index contributed by atoms with van der Waals surface area (Å²) in [5.41, 5.74) is 15.0. The molecule has 0 aliphatic rings. The number of hydrogen-bond acceptors (Lipinski definition) is 6. The molecule has 0 amide bonds. The zero-order valence-electron chi connectivity index (χ0n) is 51.9. The molecule has 19 rings (SSSR count). The summed E-state index contributed by atoms with van der Waals surface area (Å²) >= 11 is 0.